The van der Waals surface area contributed by atoms with Crippen LogP contribution in [0, 0.1) is 0 Å². The van der Waals surface area contributed by atoms with E-state index in [9.17, 15) is 14.7 Å². The molecule has 0 saturated heterocycles. The fourth-order valence-corrected chi connectivity index (χ4v) is 0.798. The second kappa shape index (κ2) is 8.09. The average Bonchev–Trinajstić information content (AvgIpc) is 2.23. The number of ketones is 1. The Bertz CT molecular complexity index is 245. The number of carboxylic acid groups (broad SMARTS) is 1. The number of carboxylic acids is 1. The van der Waals surface area contributed by atoms with Crippen LogP contribution in [-0.2, 0) is 9.59 Å². The molecule has 4 atom stereocenters. The van der Waals surface area contributed by atoms with Crippen LogP contribution >= 0.6 is 0 Å². The number of carbonyl (C=O) groups excluding carboxylic acids is 2. The standard InChI is InChI=1S/C7H12O8.Na/c8-1-2(9)3(10)4(11)5(12)6(13)7(14)15;/h2-5,8-12H,1H2,(H,14,15);/q;+1/p-1/t2-,3-,4+,5-;/m1./s1. The Morgan fingerprint density at radius 1 is 1.06 bits per heavy atom. The molecule has 0 rings (SSSR count). The van der Waals surface area contributed by atoms with Crippen LogP contribution in [0.4, 0.5) is 0 Å². The van der Waals surface area contributed by atoms with Crippen molar-refractivity contribution in [3.05, 3.63) is 0 Å². The van der Waals surface area contributed by atoms with Crippen molar-refractivity contribution < 1.29 is 69.8 Å². The predicted molar refractivity (Wildman–Crippen MR) is 41.1 cm³/mol. The SMILES string of the molecule is O=C([O-])C(=O)[C@H](O)[C@@H](O)[C@H](O)[C@H](O)CO.[Na+]. The first-order valence-corrected chi connectivity index (χ1v) is 3.91. The van der Waals surface area contributed by atoms with Crippen molar-refractivity contribution in [1.29, 1.82) is 0 Å². The van der Waals surface area contributed by atoms with Crippen molar-refractivity contribution in [3.63, 3.8) is 0 Å². The first-order chi connectivity index (χ1) is 6.82. The van der Waals surface area contributed by atoms with E-state index in [2.05, 4.69) is 0 Å². The van der Waals surface area contributed by atoms with Crippen molar-refractivity contribution in [2.45, 2.75) is 24.4 Å². The van der Waals surface area contributed by atoms with Gasteiger partial charge in [0.25, 0.3) is 0 Å². The summed E-state index contributed by atoms with van der Waals surface area (Å²) in [5.74, 6) is -4.06. The van der Waals surface area contributed by atoms with Crippen LogP contribution in [0.3, 0.4) is 0 Å². The molecular formula is C7H11NaO8. The zero-order valence-electron chi connectivity index (χ0n) is 8.48. The van der Waals surface area contributed by atoms with Crippen LogP contribution in [0.25, 0.3) is 0 Å². The van der Waals surface area contributed by atoms with Crippen molar-refractivity contribution in [3.8, 4) is 0 Å². The molecule has 9 heteroatoms. The van der Waals surface area contributed by atoms with E-state index < -0.39 is 42.8 Å². The summed E-state index contributed by atoms with van der Waals surface area (Å²) < 4.78 is 0. The van der Waals surface area contributed by atoms with Crippen LogP contribution in [0.15, 0.2) is 0 Å². The summed E-state index contributed by atoms with van der Waals surface area (Å²) in [4.78, 5) is 20.6. The largest absolute Gasteiger partial charge is 1.00 e. The van der Waals surface area contributed by atoms with Crippen molar-refractivity contribution in [1.82, 2.24) is 0 Å². The number of Topliss-reactive ketones (excluding diaryl/α,β-unsaturated/α-hetero) is 1. The number of aliphatic hydroxyl groups excluding tert-OH is 5. The Hall–Kier alpha value is -0.0600. The third-order valence-electron chi connectivity index (χ3n) is 1.72. The van der Waals surface area contributed by atoms with E-state index in [-0.39, 0.29) is 29.6 Å². The minimum atomic E-state index is -2.42. The third-order valence-corrected chi connectivity index (χ3v) is 1.72. The summed E-state index contributed by atoms with van der Waals surface area (Å²) in [5, 5.41) is 54.1. The first-order valence-electron chi connectivity index (χ1n) is 3.91. The van der Waals surface area contributed by atoms with E-state index in [1.54, 1.807) is 0 Å². The molecule has 0 amide bonds. The zero-order chi connectivity index (χ0) is 12.2. The van der Waals surface area contributed by atoms with Crippen molar-refractivity contribution in [2.75, 3.05) is 6.61 Å². The van der Waals surface area contributed by atoms with E-state index in [0.717, 1.165) is 0 Å². The summed E-state index contributed by atoms with van der Waals surface area (Å²) in [7, 11) is 0. The third kappa shape index (κ3) is 4.85. The molecule has 0 saturated carbocycles. The Kier molecular flexibility index (Phi) is 9.26. The van der Waals surface area contributed by atoms with Gasteiger partial charge in [-0.3, -0.25) is 4.79 Å². The van der Waals surface area contributed by atoms with E-state index in [4.69, 9.17) is 25.5 Å². The molecule has 5 N–H and O–H groups in total. The van der Waals surface area contributed by atoms with Gasteiger partial charge in [0.15, 0.2) is 0 Å². The molecule has 0 aromatic rings. The van der Waals surface area contributed by atoms with Crippen molar-refractivity contribution in [2.24, 2.45) is 0 Å². The molecule has 0 aliphatic carbocycles. The molecule has 0 fully saturated rings. The molecule has 0 aromatic carbocycles. The molecule has 0 heterocycles. The molecule has 88 valence electrons. The summed E-state index contributed by atoms with van der Waals surface area (Å²) >= 11 is 0. The van der Waals surface area contributed by atoms with Gasteiger partial charge in [-0.1, -0.05) is 0 Å². The number of carbonyl (C=O) groups is 2. The maximum atomic E-state index is 10.6. The molecule has 16 heavy (non-hydrogen) atoms. The smallest absolute Gasteiger partial charge is 0.542 e. The predicted octanol–water partition coefficient (Wildman–Crippen LogP) is -8.25. The number of hydrogen-bond donors (Lipinski definition) is 5. The monoisotopic (exact) mass is 246 g/mol. The number of rotatable bonds is 6. The summed E-state index contributed by atoms with van der Waals surface area (Å²) in [6.45, 7) is -0.926. The van der Waals surface area contributed by atoms with E-state index in [1.165, 1.54) is 0 Å². The fourth-order valence-electron chi connectivity index (χ4n) is 0.798. The van der Waals surface area contributed by atoms with E-state index in [1.807, 2.05) is 0 Å². The maximum absolute atomic E-state index is 10.6. The van der Waals surface area contributed by atoms with Gasteiger partial charge in [0.1, 0.15) is 30.4 Å². The van der Waals surface area contributed by atoms with Crippen LogP contribution in [0.2, 0.25) is 0 Å². The molecular weight excluding hydrogens is 235 g/mol. The average molecular weight is 246 g/mol. The van der Waals surface area contributed by atoms with Crippen LogP contribution in [0.5, 0.6) is 0 Å². The second-order valence-corrected chi connectivity index (χ2v) is 2.83. The minimum absolute atomic E-state index is 0. The van der Waals surface area contributed by atoms with Gasteiger partial charge in [0.05, 0.1) is 6.61 Å². The molecule has 0 spiro atoms. The van der Waals surface area contributed by atoms with E-state index >= 15 is 0 Å². The van der Waals surface area contributed by atoms with Gasteiger partial charge in [0.2, 0.25) is 5.78 Å². The Morgan fingerprint density at radius 3 is 1.81 bits per heavy atom. The first kappa shape index (κ1) is 18.3. The van der Waals surface area contributed by atoms with Crippen LogP contribution < -0.4 is 34.7 Å². The molecule has 0 unspecified atom stereocenters. The molecule has 0 aliphatic heterocycles. The summed E-state index contributed by atoms with van der Waals surface area (Å²) in [6.07, 6.45) is -8.50. The van der Waals surface area contributed by atoms with Crippen molar-refractivity contribution >= 4 is 11.8 Å². The van der Waals surface area contributed by atoms with Gasteiger partial charge in [-0.15, -0.1) is 0 Å². The number of hydrogen-bond acceptors (Lipinski definition) is 8. The Balaban J connectivity index is 0. The topological polar surface area (TPSA) is 158 Å². The Labute approximate surface area is 112 Å². The minimum Gasteiger partial charge on any atom is -0.542 e. The van der Waals surface area contributed by atoms with Gasteiger partial charge in [0, 0.05) is 0 Å². The van der Waals surface area contributed by atoms with Crippen LogP contribution in [0.1, 0.15) is 0 Å². The maximum Gasteiger partial charge on any atom is 1.00 e. The number of aliphatic hydroxyl groups is 5. The Morgan fingerprint density at radius 2 is 1.50 bits per heavy atom. The fraction of sp³-hybridized carbons (Fsp3) is 0.714. The zero-order valence-corrected chi connectivity index (χ0v) is 10.5. The number of aliphatic carboxylic acids is 1. The molecule has 0 aromatic heterocycles. The van der Waals surface area contributed by atoms with Gasteiger partial charge < -0.3 is 35.4 Å². The molecule has 8 nitrogen and oxygen atoms in total. The van der Waals surface area contributed by atoms with E-state index in [0.29, 0.717) is 0 Å². The van der Waals surface area contributed by atoms with Gasteiger partial charge >= 0.3 is 29.6 Å². The summed E-state index contributed by atoms with van der Waals surface area (Å²) in [5.41, 5.74) is 0. The van der Waals surface area contributed by atoms with Gasteiger partial charge in [-0.2, -0.15) is 0 Å². The van der Waals surface area contributed by atoms with Crippen LogP contribution in [-0.4, -0.2) is 68.3 Å². The molecule has 0 aliphatic rings. The molecule has 0 radical (unpaired) electrons. The summed E-state index contributed by atoms with van der Waals surface area (Å²) in [6, 6.07) is 0. The normalized spacial score (nSPS) is 17.8. The van der Waals surface area contributed by atoms with Gasteiger partial charge in [-0.05, 0) is 0 Å². The second-order valence-electron chi connectivity index (χ2n) is 2.83. The molecule has 0 bridgehead atoms. The van der Waals surface area contributed by atoms with Gasteiger partial charge in [-0.25, -0.2) is 0 Å². The quantitative estimate of drug-likeness (QED) is 0.228.